The molecule has 0 unspecified atom stereocenters. The van der Waals surface area contributed by atoms with Gasteiger partial charge in [0.1, 0.15) is 0 Å². The van der Waals surface area contributed by atoms with Gasteiger partial charge in [0.2, 0.25) is 5.75 Å². The molecule has 29 heavy (non-hydrogen) atoms. The molecule has 1 aromatic rings. The van der Waals surface area contributed by atoms with Crippen LogP contribution in [0.3, 0.4) is 0 Å². The van der Waals surface area contributed by atoms with E-state index in [9.17, 15) is 9.59 Å². The topological polar surface area (TPSA) is 83.1 Å². The van der Waals surface area contributed by atoms with Crippen molar-refractivity contribution in [1.82, 2.24) is 0 Å². The van der Waals surface area contributed by atoms with Crippen molar-refractivity contribution in [1.29, 1.82) is 0 Å². The Balaban J connectivity index is 1.83. The second-order valence-corrected chi connectivity index (χ2v) is 7.43. The molecule has 0 aromatic heterocycles. The molecular weight excluding hydrogens is 374 g/mol. The highest BCUT2D eigenvalue weighted by Crippen LogP contribution is 2.40. The Morgan fingerprint density at radius 2 is 1.62 bits per heavy atom. The van der Waals surface area contributed by atoms with E-state index in [-0.39, 0.29) is 18.5 Å². The van der Waals surface area contributed by atoms with Crippen LogP contribution < -0.4 is 19.5 Å². The normalized spacial score (nSPS) is 18.6. The van der Waals surface area contributed by atoms with Gasteiger partial charge in [-0.3, -0.25) is 9.59 Å². The number of nitrogens with one attached hydrogen (secondary N) is 1. The number of carbonyl (C=O) groups is 2. The number of ether oxygens (including phenoxy) is 4. The van der Waals surface area contributed by atoms with Crippen molar-refractivity contribution in [3.8, 4) is 17.2 Å². The Morgan fingerprint density at radius 3 is 2.14 bits per heavy atom. The summed E-state index contributed by atoms with van der Waals surface area (Å²) in [4.78, 5) is 24.5. The lowest BCUT2D eigenvalue weighted by molar-refractivity contribution is -0.152. The van der Waals surface area contributed by atoms with E-state index in [0.29, 0.717) is 22.9 Å². The molecule has 1 aliphatic rings. The van der Waals surface area contributed by atoms with Crippen molar-refractivity contribution >= 4 is 17.6 Å². The first-order chi connectivity index (χ1) is 14.0. The minimum Gasteiger partial charge on any atom is -0.493 e. The lowest BCUT2D eigenvalue weighted by atomic mass is 9.80. The van der Waals surface area contributed by atoms with Crippen LogP contribution in [0.1, 0.15) is 51.9 Å². The van der Waals surface area contributed by atoms with Crippen LogP contribution in [0.5, 0.6) is 17.2 Å². The summed E-state index contributed by atoms with van der Waals surface area (Å²) in [5.41, 5.74) is 0.469. The maximum Gasteiger partial charge on any atom is 0.309 e. The monoisotopic (exact) mass is 407 g/mol. The van der Waals surface area contributed by atoms with Gasteiger partial charge in [-0.1, -0.05) is 26.2 Å². The van der Waals surface area contributed by atoms with Gasteiger partial charge in [-0.2, -0.15) is 0 Å². The molecule has 1 N–H and O–H groups in total. The number of amides is 1. The number of hydrogen-bond acceptors (Lipinski definition) is 6. The molecule has 0 aliphatic heterocycles. The first-order valence-electron chi connectivity index (χ1n) is 10.3. The van der Waals surface area contributed by atoms with Crippen LogP contribution in [-0.2, 0) is 14.3 Å². The number of anilines is 1. The highest BCUT2D eigenvalue weighted by atomic mass is 16.5. The molecule has 1 aromatic carbocycles. The predicted molar refractivity (Wildman–Crippen MR) is 111 cm³/mol. The molecule has 7 heteroatoms. The van der Waals surface area contributed by atoms with Crippen molar-refractivity contribution in [3.05, 3.63) is 12.1 Å². The van der Waals surface area contributed by atoms with E-state index < -0.39 is 5.91 Å². The van der Waals surface area contributed by atoms with E-state index in [2.05, 4.69) is 12.2 Å². The van der Waals surface area contributed by atoms with Crippen LogP contribution in [0.2, 0.25) is 0 Å². The van der Waals surface area contributed by atoms with Crippen molar-refractivity contribution < 1.29 is 28.5 Å². The molecule has 1 aliphatic carbocycles. The molecule has 1 saturated carbocycles. The molecule has 0 radical (unpaired) electrons. The van der Waals surface area contributed by atoms with E-state index in [1.165, 1.54) is 40.6 Å². The predicted octanol–water partition coefficient (Wildman–Crippen LogP) is 4.19. The molecule has 1 fully saturated rings. The average molecular weight is 408 g/mol. The van der Waals surface area contributed by atoms with Gasteiger partial charge in [-0.25, -0.2) is 0 Å². The zero-order valence-corrected chi connectivity index (χ0v) is 17.9. The first kappa shape index (κ1) is 22.8. The van der Waals surface area contributed by atoms with Gasteiger partial charge in [-0.05, 0) is 31.6 Å². The van der Waals surface area contributed by atoms with E-state index in [4.69, 9.17) is 18.9 Å². The summed E-state index contributed by atoms with van der Waals surface area (Å²) in [5.74, 6) is 1.24. The fourth-order valence-corrected chi connectivity index (χ4v) is 3.78. The van der Waals surface area contributed by atoms with Crippen molar-refractivity contribution in [3.63, 3.8) is 0 Å². The Labute approximate surface area is 173 Å². The molecule has 162 valence electrons. The fraction of sp³-hybridized carbons (Fsp3) is 0.636. The van der Waals surface area contributed by atoms with Crippen LogP contribution >= 0.6 is 0 Å². The van der Waals surface area contributed by atoms with Gasteiger partial charge < -0.3 is 24.3 Å². The summed E-state index contributed by atoms with van der Waals surface area (Å²) >= 11 is 0. The van der Waals surface area contributed by atoms with Gasteiger partial charge in [0, 0.05) is 17.8 Å². The van der Waals surface area contributed by atoms with Crippen molar-refractivity contribution in [2.24, 2.45) is 11.8 Å². The van der Waals surface area contributed by atoms with Gasteiger partial charge in [0.25, 0.3) is 5.91 Å². The lowest BCUT2D eigenvalue weighted by Gasteiger charge is -2.27. The summed E-state index contributed by atoms with van der Waals surface area (Å²) in [5, 5.41) is 2.70. The largest absolute Gasteiger partial charge is 0.493 e. The zero-order valence-electron chi connectivity index (χ0n) is 17.9. The molecule has 2 rings (SSSR count). The van der Waals surface area contributed by atoms with Crippen LogP contribution in [0.25, 0.3) is 0 Å². The molecule has 0 heterocycles. The van der Waals surface area contributed by atoms with Gasteiger partial charge in [0.05, 0.1) is 27.2 Å². The van der Waals surface area contributed by atoms with Crippen LogP contribution in [0.15, 0.2) is 12.1 Å². The summed E-state index contributed by atoms with van der Waals surface area (Å²) < 4.78 is 21.1. The first-order valence-corrected chi connectivity index (χ1v) is 10.3. The summed E-state index contributed by atoms with van der Waals surface area (Å²) in [6.07, 6.45) is 7.54. The zero-order chi connectivity index (χ0) is 21.2. The maximum atomic E-state index is 12.3. The Hall–Kier alpha value is -2.44. The third-order valence-electron chi connectivity index (χ3n) is 5.44. The number of rotatable bonds is 10. The molecule has 0 atom stereocenters. The molecule has 0 spiro atoms. The van der Waals surface area contributed by atoms with Gasteiger partial charge in [-0.15, -0.1) is 0 Å². The summed E-state index contributed by atoms with van der Waals surface area (Å²) in [6, 6.07) is 3.25. The molecule has 7 nitrogen and oxygen atoms in total. The number of hydrogen-bond donors (Lipinski definition) is 1. The Morgan fingerprint density at radius 1 is 1.00 bits per heavy atom. The third kappa shape index (κ3) is 6.54. The second-order valence-electron chi connectivity index (χ2n) is 7.43. The Kier molecular flexibility index (Phi) is 9.09. The molecule has 0 bridgehead atoms. The average Bonchev–Trinajstić information content (AvgIpc) is 2.75. The maximum absolute atomic E-state index is 12.3. The summed E-state index contributed by atoms with van der Waals surface area (Å²) in [6.45, 7) is 1.89. The van der Waals surface area contributed by atoms with Crippen LogP contribution in [-0.4, -0.2) is 39.8 Å². The highest BCUT2D eigenvalue weighted by molar-refractivity contribution is 5.93. The molecular formula is C22H33NO6. The number of esters is 1. The lowest BCUT2D eigenvalue weighted by Crippen LogP contribution is -2.27. The second kappa shape index (κ2) is 11.5. The standard InChI is InChI=1S/C22H33NO6/c1-5-6-7-15-8-10-16(11-9-15)22(25)29-14-20(24)23-17-12-18(26-2)21(28-4)19(13-17)27-3/h12-13,15-16H,5-11,14H2,1-4H3,(H,23,24). The van der Waals surface area contributed by atoms with Crippen LogP contribution in [0, 0.1) is 11.8 Å². The third-order valence-corrected chi connectivity index (χ3v) is 5.44. The summed E-state index contributed by atoms with van der Waals surface area (Å²) in [7, 11) is 4.51. The fourth-order valence-electron chi connectivity index (χ4n) is 3.78. The van der Waals surface area contributed by atoms with E-state index >= 15 is 0 Å². The highest BCUT2D eigenvalue weighted by Gasteiger charge is 2.27. The van der Waals surface area contributed by atoms with Crippen molar-refractivity contribution in [2.45, 2.75) is 51.9 Å². The number of benzene rings is 1. The van der Waals surface area contributed by atoms with Crippen LogP contribution in [0.4, 0.5) is 5.69 Å². The van der Waals surface area contributed by atoms with Gasteiger partial charge in [0.15, 0.2) is 18.1 Å². The molecule has 0 saturated heterocycles. The van der Waals surface area contributed by atoms with Gasteiger partial charge >= 0.3 is 5.97 Å². The number of unbranched alkanes of at least 4 members (excludes halogenated alkanes) is 1. The van der Waals surface area contributed by atoms with E-state index in [1.807, 2.05) is 0 Å². The minimum atomic E-state index is -0.413. The molecule has 1 amide bonds. The Bertz CT molecular complexity index is 657. The SMILES string of the molecule is CCCCC1CCC(C(=O)OCC(=O)Nc2cc(OC)c(OC)c(OC)c2)CC1. The smallest absolute Gasteiger partial charge is 0.309 e. The minimum absolute atomic E-state index is 0.0955. The van der Waals surface area contributed by atoms with Crippen molar-refractivity contribution in [2.75, 3.05) is 33.3 Å². The number of carbonyl (C=O) groups excluding carboxylic acids is 2. The van der Waals surface area contributed by atoms with E-state index in [1.54, 1.807) is 12.1 Å². The number of methoxy groups -OCH3 is 3. The quantitative estimate of drug-likeness (QED) is 0.586. The van der Waals surface area contributed by atoms with E-state index in [0.717, 1.165) is 31.6 Å².